The lowest BCUT2D eigenvalue weighted by atomic mass is 10.0. The van der Waals surface area contributed by atoms with Crippen LogP contribution in [0.15, 0.2) is 0 Å². The van der Waals surface area contributed by atoms with Gasteiger partial charge >= 0.3 is 0 Å². The predicted octanol–water partition coefficient (Wildman–Crippen LogP) is 3.49. The molecule has 0 saturated carbocycles. The van der Waals surface area contributed by atoms with Crippen molar-refractivity contribution in [3.63, 3.8) is 0 Å². The molecule has 0 heterocycles. The van der Waals surface area contributed by atoms with Crippen LogP contribution in [0.4, 0.5) is 0 Å². The largest absolute Gasteiger partial charge is 0.395 e. The zero-order valence-corrected chi connectivity index (χ0v) is 11.3. The maximum atomic E-state index is 8.74. The Bertz CT molecular complexity index is 128. The van der Waals surface area contributed by atoms with E-state index in [-0.39, 0.29) is 6.61 Å². The van der Waals surface area contributed by atoms with E-state index in [1.54, 1.807) is 0 Å². The van der Waals surface area contributed by atoms with Gasteiger partial charge in [0.1, 0.15) is 0 Å². The van der Waals surface area contributed by atoms with Crippen LogP contribution < -0.4 is 5.32 Å². The first-order chi connectivity index (χ1) is 7.85. The molecule has 0 radical (unpaired) electrons. The molecule has 2 nitrogen and oxygen atoms in total. The molecule has 2 N–H and O–H groups in total. The van der Waals surface area contributed by atoms with Gasteiger partial charge in [-0.3, -0.25) is 0 Å². The van der Waals surface area contributed by atoms with Gasteiger partial charge in [0.15, 0.2) is 0 Å². The van der Waals surface area contributed by atoms with Crippen molar-refractivity contribution in [1.29, 1.82) is 0 Å². The molecule has 98 valence electrons. The SMILES string of the molecule is CCCCCCCCCC(CC)NCCO. The summed E-state index contributed by atoms with van der Waals surface area (Å²) in [5.74, 6) is 0. The molecule has 0 aliphatic carbocycles. The van der Waals surface area contributed by atoms with Crippen LogP contribution in [0.5, 0.6) is 0 Å². The molecule has 0 rings (SSSR count). The molecule has 2 heteroatoms. The van der Waals surface area contributed by atoms with Gasteiger partial charge in [0, 0.05) is 12.6 Å². The number of hydrogen-bond donors (Lipinski definition) is 2. The fourth-order valence-corrected chi connectivity index (χ4v) is 2.07. The summed E-state index contributed by atoms with van der Waals surface area (Å²) in [7, 11) is 0. The van der Waals surface area contributed by atoms with Crippen LogP contribution in [-0.4, -0.2) is 24.3 Å². The second-order valence-corrected chi connectivity index (χ2v) is 4.69. The number of rotatable bonds is 12. The number of aliphatic hydroxyl groups is 1. The Morgan fingerprint density at radius 1 is 0.938 bits per heavy atom. The minimum absolute atomic E-state index is 0.257. The summed E-state index contributed by atoms with van der Waals surface area (Å²) in [5, 5.41) is 12.1. The average Bonchev–Trinajstić information content (AvgIpc) is 2.32. The van der Waals surface area contributed by atoms with E-state index in [2.05, 4.69) is 19.2 Å². The number of aliphatic hydroxyl groups excluding tert-OH is 1. The second kappa shape index (κ2) is 13.0. The van der Waals surface area contributed by atoms with E-state index in [0.717, 1.165) is 6.54 Å². The Morgan fingerprint density at radius 3 is 2.12 bits per heavy atom. The molecule has 0 aliphatic heterocycles. The van der Waals surface area contributed by atoms with E-state index in [1.807, 2.05) is 0 Å². The summed E-state index contributed by atoms with van der Waals surface area (Å²) in [6, 6.07) is 0.614. The minimum Gasteiger partial charge on any atom is -0.395 e. The molecule has 0 fully saturated rings. The van der Waals surface area contributed by atoms with Crippen LogP contribution in [0, 0.1) is 0 Å². The summed E-state index contributed by atoms with van der Waals surface area (Å²) in [5.41, 5.74) is 0. The van der Waals surface area contributed by atoms with Crippen molar-refractivity contribution in [2.45, 2.75) is 77.7 Å². The monoisotopic (exact) mass is 229 g/mol. The van der Waals surface area contributed by atoms with Crippen molar-refractivity contribution in [2.75, 3.05) is 13.2 Å². The highest BCUT2D eigenvalue weighted by Crippen LogP contribution is 2.10. The lowest BCUT2D eigenvalue weighted by Crippen LogP contribution is -2.30. The smallest absolute Gasteiger partial charge is 0.0556 e. The molecule has 0 amide bonds. The molecule has 0 aliphatic rings. The third-order valence-corrected chi connectivity index (χ3v) is 3.19. The van der Waals surface area contributed by atoms with Gasteiger partial charge in [0.05, 0.1) is 6.61 Å². The van der Waals surface area contributed by atoms with E-state index >= 15 is 0 Å². The number of hydrogen-bond acceptors (Lipinski definition) is 2. The molecule has 0 aromatic rings. The maximum absolute atomic E-state index is 8.74. The molecule has 0 spiro atoms. The topological polar surface area (TPSA) is 32.3 Å². The van der Waals surface area contributed by atoms with Crippen molar-refractivity contribution in [2.24, 2.45) is 0 Å². The number of nitrogens with one attached hydrogen (secondary N) is 1. The van der Waals surface area contributed by atoms with Crippen molar-refractivity contribution >= 4 is 0 Å². The molecule has 0 bridgehead atoms. The maximum Gasteiger partial charge on any atom is 0.0556 e. The lowest BCUT2D eigenvalue weighted by Gasteiger charge is -2.15. The summed E-state index contributed by atoms with van der Waals surface area (Å²) < 4.78 is 0. The first-order valence-corrected chi connectivity index (χ1v) is 7.19. The molecule has 0 aromatic heterocycles. The summed E-state index contributed by atoms with van der Waals surface area (Å²) in [4.78, 5) is 0. The highest BCUT2D eigenvalue weighted by atomic mass is 16.3. The van der Waals surface area contributed by atoms with Crippen LogP contribution >= 0.6 is 0 Å². The Kier molecular flexibility index (Phi) is 12.9. The van der Waals surface area contributed by atoms with Crippen molar-refractivity contribution in [3.8, 4) is 0 Å². The summed E-state index contributed by atoms with van der Waals surface area (Å²) >= 11 is 0. The van der Waals surface area contributed by atoms with Crippen LogP contribution in [-0.2, 0) is 0 Å². The fraction of sp³-hybridized carbons (Fsp3) is 1.00. The van der Waals surface area contributed by atoms with Crippen molar-refractivity contribution in [1.82, 2.24) is 5.32 Å². The van der Waals surface area contributed by atoms with Gasteiger partial charge in [-0.15, -0.1) is 0 Å². The zero-order chi connectivity index (χ0) is 12.1. The van der Waals surface area contributed by atoms with Crippen molar-refractivity contribution in [3.05, 3.63) is 0 Å². The summed E-state index contributed by atoms with van der Waals surface area (Å²) in [6.07, 6.45) is 12.1. The van der Waals surface area contributed by atoms with Gasteiger partial charge < -0.3 is 10.4 Å². The standard InChI is InChI=1S/C14H31NO/c1-3-5-6-7-8-9-10-11-14(4-2)15-12-13-16/h14-16H,3-13H2,1-2H3. The van der Waals surface area contributed by atoms with Gasteiger partial charge in [-0.1, -0.05) is 58.8 Å². The zero-order valence-electron chi connectivity index (χ0n) is 11.3. The van der Waals surface area contributed by atoms with Crippen LogP contribution in [0.25, 0.3) is 0 Å². The van der Waals surface area contributed by atoms with E-state index in [9.17, 15) is 0 Å². The molecular weight excluding hydrogens is 198 g/mol. The Labute approximate surface area is 102 Å². The predicted molar refractivity (Wildman–Crippen MR) is 71.8 cm³/mol. The average molecular weight is 229 g/mol. The molecular formula is C14H31NO. The normalized spacial score (nSPS) is 12.9. The fourth-order valence-electron chi connectivity index (χ4n) is 2.07. The molecule has 0 saturated heterocycles. The first kappa shape index (κ1) is 15.9. The van der Waals surface area contributed by atoms with Crippen LogP contribution in [0.1, 0.15) is 71.6 Å². The Morgan fingerprint density at radius 2 is 1.56 bits per heavy atom. The Hall–Kier alpha value is -0.0800. The van der Waals surface area contributed by atoms with Gasteiger partial charge in [0.25, 0.3) is 0 Å². The van der Waals surface area contributed by atoms with E-state index in [0.29, 0.717) is 6.04 Å². The van der Waals surface area contributed by atoms with Gasteiger partial charge in [0.2, 0.25) is 0 Å². The quantitative estimate of drug-likeness (QED) is 0.502. The summed E-state index contributed by atoms with van der Waals surface area (Å²) in [6.45, 7) is 5.48. The third-order valence-electron chi connectivity index (χ3n) is 3.19. The molecule has 16 heavy (non-hydrogen) atoms. The van der Waals surface area contributed by atoms with Crippen LogP contribution in [0.3, 0.4) is 0 Å². The number of unbranched alkanes of at least 4 members (excludes halogenated alkanes) is 6. The third kappa shape index (κ3) is 10.4. The lowest BCUT2D eigenvalue weighted by molar-refractivity contribution is 0.279. The van der Waals surface area contributed by atoms with Crippen LogP contribution in [0.2, 0.25) is 0 Å². The van der Waals surface area contributed by atoms with Crippen molar-refractivity contribution < 1.29 is 5.11 Å². The highest BCUT2D eigenvalue weighted by Gasteiger charge is 2.03. The molecule has 1 unspecified atom stereocenters. The molecule has 0 aromatic carbocycles. The Balaban J connectivity index is 3.20. The molecule has 1 atom stereocenters. The van der Waals surface area contributed by atoms with E-state index in [4.69, 9.17) is 5.11 Å². The van der Waals surface area contributed by atoms with Gasteiger partial charge in [-0.05, 0) is 12.8 Å². The van der Waals surface area contributed by atoms with Gasteiger partial charge in [-0.25, -0.2) is 0 Å². The van der Waals surface area contributed by atoms with E-state index in [1.165, 1.54) is 57.8 Å². The highest BCUT2D eigenvalue weighted by molar-refractivity contribution is 4.64. The second-order valence-electron chi connectivity index (χ2n) is 4.69. The van der Waals surface area contributed by atoms with E-state index < -0.39 is 0 Å². The first-order valence-electron chi connectivity index (χ1n) is 7.19. The minimum atomic E-state index is 0.257. The van der Waals surface area contributed by atoms with Gasteiger partial charge in [-0.2, -0.15) is 0 Å².